The normalized spacial score (nSPS) is 11.0. The molecule has 4 aromatic rings. The molecule has 0 saturated carbocycles. The van der Waals surface area contributed by atoms with Crippen LogP contribution < -0.4 is 5.32 Å². The number of furan rings is 1. The molecule has 0 saturated heterocycles. The molecule has 0 bridgehead atoms. The van der Waals surface area contributed by atoms with E-state index in [-0.39, 0.29) is 11.7 Å². The molecule has 29 heavy (non-hydrogen) atoms. The predicted molar refractivity (Wildman–Crippen MR) is 111 cm³/mol. The molecule has 4 rings (SSSR count). The molecule has 9 heteroatoms. The molecule has 148 valence electrons. The number of carbonyl (C=O) groups is 1. The van der Waals surface area contributed by atoms with Crippen LogP contribution in [0.3, 0.4) is 0 Å². The monoisotopic (exact) mass is 429 g/mol. The largest absolute Gasteiger partial charge is 0.454 e. The Morgan fingerprint density at radius 3 is 2.66 bits per heavy atom. The van der Waals surface area contributed by atoms with Crippen molar-refractivity contribution in [3.8, 4) is 0 Å². The van der Waals surface area contributed by atoms with Gasteiger partial charge in [0.25, 0.3) is 5.91 Å². The summed E-state index contributed by atoms with van der Waals surface area (Å²) in [4.78, 5) is 12.5. The molecule has 1 aromatic carbocycles. The number of rotatable bonds is 6. The lowest BCUT2D eigenvalue weighted by Gasteiger charge is -2.08. The number of aromatic nitrogens is 4. The first-order valence-corrected chi connectivity index (χ1v) is 9.60. The number of aryl methyl sites for hydroxylation is 1. The Morgan fingerprint density at radius 2 is 1.93 bits per heavy atom. The summed E-state index contributed by atoms with van der Waals surface area (Å²) in [6.45, 7) is 2.74. The van der Waals surface area contributed by atoms with Crippen LogP contribution in [0.15, 0.2) is 59.3 Å². The molecule has 7 nitrogen and oxygen atoms in total. The summed E-state index contributed by atoms with van der Waals surface area (Å²) in [5, 5.41) is 12.4. The maximum absolute atomic E-state index is 12.5. The van der Waals surface area contributed by atoms with Crippen molar-refractivity contribution in [2.24, 2.45) is 0 Å². The summed E-state index contributed by atoms with van der Waals surface area (Å²) in [5.74, 6) is 0.875. The minimum Gasteiger partial charge on any atom is -0.454 e. The van der Waals surface area contributed by atoms with Crippen molar-refractivity contribution >= 4 is 34.9 Å². The van der Waals surface area contributed by atoms with E-state index in [9.17, 15) is 4.79 Å². The van der Waals surface area contributed by atoms with E-state index in [0.29, 0.717) is 34.7 Å². The van der Waals surface area contributed by atoms with E-state index in [0.717, 1.165) is 11.3 Å². The molecule has 0 aliphatic heterocycles. The number of hydrogen-bond donors (Lipinski definition) is 1. The molecule has 0 aliphatic rings. The van der Waals surface area contributed by atoms with Crippen LogP contribution in [0, 0.1) is 6.92 Å². The van der Waals surface area contributed by atoms with E-state index in [1.165, 1.54) is 0 Å². The van der Waals surface area contributed by atoms with Crippen molar-refractivity contribution in [2.75, 3.05) is 5.32 Å². The first kappa shape index (κ1) is 19.3. The van der Waals surface area contributed by atoms with Crippen LogP contribution in [0.5, 0.6) is 0 Å². The zero-order chi connectivity index (χ0) is 20.4. The van der Waals surface area contributed by atoms with Gasteiger partial charge < -0.3 is 9.73 Å². The van der Waals surface area contributed by atoms with Crippen molar-refractivity contribution in [3.63, 3.8) is 0 Å². The zero-order valence-electron chi connectivity index (χ0n) is 15.5. The first-order valence-electron chi connectivity index (χ1n) is 8.84. The molecule has 0 atom stereocenters. The van der Waals surface area contributed by atoms with Gasteiger partial charge in [-0.1, -0.05) is 29.3 Å². The molecule has 3 aromatic heterocycles. The van der Waals surface area contributed by atoms with Gasteiger partial charge in [-0.05, 0) is 37.3 Å². The molecular formula is C20H17Cl2N5O2. The minimum absolute atomic E-state index is 0.202. The minimum atomic E-state index is -0.378. The Hall–Kier alpha value is -3.03. The Morgan fingerprint density at radius 1 is 1.14 bits per heavy atom. The first-order chi connectivity index (χ1) is 14.0. The molecule has 1 amide bonds. The number of carbonyl (C=O) groups excluding carboxylic acids is 1. The summed E-state index contributed by atoms with van der Waals surface area (Å²) < 4.78 is 9.06. The number of nitrogens with zero attached hydrogens (tertiary/aromatic N) is 4. The highest BCUT2D eigenvalue weighted by molar-refractivity contribution is 6.35. The van der Waals surface area contributed by atoms with E-state index in [1.807, 2.05) is 19.2 Å². The third-order valence-electron chi connectivity index (χ3n) is 4.35. The van der Waals surface area contributed by atoms with Crippen molar-refractivity contribution in [2.45, 2.75) is 20.0 Å². The molecule has 0 fully saturated rings. The second-order valence-electron chi connectivity index (χ2n) is 6.45. The van der Waals surface area contributed by atoms with Crippen LogP contribution in [0.25, 0.3) is 0 Å². The number of anilines is 1. The van der Waals surface area contributed by atoms with E-state index in [1.54, 1.807) is 52.0 Å². The predicted octanol–water partition coefficient (Wildman–Crippen LogP) is 4.64. The average molecular weight is 430 g/mol. The van der Waals surface area contributed by atoms with Crippen LogP contribution in [-0.2, 0) is 13.1 Å². The van der Waals surface area contributed by atoms with Crippen LogP contribution >= 0.6 is 23.2 Å². The summed E-state index contributed by atoms with van der Waals surface area (Å²) in [6, 6.07) is 12.3. The lowest BCUT2D eigenvalue weighted by atomic mass is 10.2. The Bertz CT molecular complexity index is 1130. The van der Waals surface area contributed by atoms with Gasteiger partial charge in [-0.25, -0.2) is 0 Å². The molecule has 0 unspecified atom stereocenters. The van der Waals surface area contributed by atoms with Gasteiger partial charge in [0.05, 0.1) is 13.1 Å². The number of amides is 1. The van der Waals surface area contributed by atoms with Gasteiger partial charge in [-0.3, -0.25) is 14.2 Å². The standard InChI is InChI=1S/C20H17Cl2N5O2/c1-13-10-19(25-27(13)12-15-16(21)4-2-5-17(15)22)24-20(28)18-7-6-14(29-18)11-26-9-3-8-23-26/h2-10H,11-12H2,1H3,(H,24,25,28). The van der Waals surface area contributed by atoms with Gasteiger partial charge in [-0.15, -0.1) is 0 Å². The van der Waals surface area contributed by atoms with Crippen molar-refractivity contribution in [1.29, 1.82) is 0 Å². The van der Waals surface area contributed by atoms with Crippen LogP contribution in [0.2, 0.25) is 10.0 Å². The summed E-state index contributed by atoms with van der Waals surface area (Å²) >= 11 is 12.5. The fourth-order valence-corrected chi connectivity index (χ4v) is 3.40. The molecule has 0 aliphatic carbocycles. The van der Waals surface area contributed by atoms with Gasteiger partial charge in [0.2, 0.25) is 0 Å². The van der Waals surface area contributed by atoms with Crippen molar-refractivity contribution < 1.29 is 9.21 Å². The van der Waals surface area contributed by atoms with Crippen LogP contribution in [0.4, 0.5) is 5.82 Å². The lowest BCUT2D eigenvalue weighted by molar-refractivity contribution is 0.0994. The van der Waals surface area contributed by atoms with Crippen LogP contribution in [0.1, 0.15) is 27.6 Å². The highest BCUT2D eigenvalue weighted by Crippen LogP contribution is 2.26. The highest BCUT2D eigenvalue weighted by Gasteiger charge is 2.15. The van der Waals surface area contributed by atoms with Crippen LogP contribution in [-0.4, -0.2) is 25.5 Å². The van der Waals surface area contributed by atoms with E-state index < -0.39 is 0 Å². The summed E-state index contributed by atoms with van der Waals surface area (Å²) in [5.41, 5.74) is 1.63. The molecule has 0 radical (unpaired) electrons. The van der Waals surface area contributed by atoms with Gasteiger partial charge in [0, 0.05) is 39.8 Å². The smallest absolute Gasteiger partial charge is 0.292 e. The summed E-state index contributed by atoms with van der Waals surface area (Å²) in [6.07, 6.45) is 3.51. The van der Waals surface area contributed by atoms with Gasteiger partial charge in [0.15, 0.2) is 11.6 Å². The molecule has 3 heterocycles. The Labute approximate surface area is 176 Å². The van der Waals surface area contributed by atoms with E-state index in [2.05, 4.69) is 15.5 Å². The topological polar surface area (TPSA) is 77.9 Å². The fourth-order valence-electron chi connectivity index (χ4n) is 2.88. The van der Waals surface area contributed by atoms with Gasteiger partial charge in [0.1, 0.15) is 5.76 Å². The van der Waals surface area contributed by atoms with E-state index in [4.69, 9.17) is 27.6 Å². The van der Waals surface area contributed by atoms with E-state index >= 15 is 0 Å². The highest BCUT2D eigenvalue weighted by atomic mass is 35.5. The van der Waals surface area contributed by atoms with Gasteiger partial charge in [-0.2, -0.15) is 10.2 Å². The van der Waals surface area contributed by atoms with Crippen molar-refractivity contribution in [1.82, 2.24) is 19.6 Å². The second-order valence-corrected chi connectivity index (χ2v) is 7.27. The second kappa shape index (κ2) is 8.14. The number of nitrogens with one attached hydrogen (secondary N) is 1. The third kappa shape index (κ3) is 4.36. The number of benzene rings is 1. The summed E-state index contributed by atoms with van der Waals surface area (Å²) in [7, 11) is 0. The Balaban J connectivity index is 1.45. The molecule has 0 spiro atoms. The van der Waals surface area contributed by atoms with Gasteiger partial charge >= 0.3 is 0 Å². The zero-order valence-corrected chi connectivity index (χ0v) is 17.0. The fraction of sp³-hybridized carbons (Fsp3) is 0.150. The maximum Gasteiger partial charge on any atom is 0.292 e. The average Bonchev–Trinajstić information content (AvgIpc) is 3.41. The molecule has 1 N–H and O–H groups in total. The third-order valence-corrected chi connectivity index (χ3v) is 5.06. The van der Waals surface area contributed by atoms with Crippen molar-refractivity contribution in [3.05, 3.63) is 87.7 Å². The number of hydrogen-bond acceptors (Lipinski definition) is 4. The lowest BCUT2D eigenvalue weighted by Crippen LogP contribution is -2.12. The quantitative estimate of drug-likeness (QED) is 0.484. The molecular weight excluding hydrogens is 413 g/mol. The SMILES string of the molecule is Cc1cc(NC(=O)c2ccc(Cn3cccn3)o2)nn1Cc1c(Cl)cccc1Cl. The number of halogens is 2. The maximum atomic E-state index is 12.5. The Kier molecular flexibility index (Phi) is 5.42.